The van der Waals surface area contributed by atoms with Crippen molar-refractivity contribution in [2.45, 2.75) is 173 Å². The zero-order chi connectivity index (χ0) is 61.5. The molecule has 0 spiro atoms. The SMILES string of the molecule is CC1=C(O)C(=O)C=C2C1=CC=C1[C@@]2(C)CC[C@@]2(C)[C@@H]3C[C@](C)(CO)CC[C@]3(C)CC[C@]12C.CO.COC(=O)OC[C@]1(C)CC[C@]2(C)CC[C@]3(C)C4=CC=C5C(=CC(=O)C(O)=C5C)[C@]4(C)CC[C@@]3(C)[C@@H]2C1.O=C(Cl)Oc1ccc([N+](=O)[O-])cc1. The molecule has 12 atom stereocenters. The molecule has 0 heterocycles. The molecule has 15 heteroatoms. The van der Waals surface area contributed by atoms with Crippen LogP contribution in [0.15, 0.2) is 117 Å². The summed E-state index contributed by atoms with van der Waals surface area (Å²) in [6.45, 7) is 28.6. The molecule has 6 fully saturated rings. The van der Waals surface area contributed by atoms with Crippen molar-refractivity contribution in [3.63, 3.8) is 0 Å². The molecule has 0 saturated heterocycles. The van der Waals surface area contributed by atoms with E-state index < -0.39 is 16.5 Å². The van der Waals surface area contributed by atoms with E-state index in [4.69, 9.17) is 26.2 Å². The molecule has 0 amide bonds. The van der Waals surface area contributed by atoms with Crippen molar-refractivity contribution < 1.29 is 58.7 Å². The van der Waals surface area contributed by atoms with Gasteiger partial charge in [0, 0.05) is 64.8 Å². The highest BCUT2D eigenvalue weighted by molar-refractivity contribution is 6.61. The minimum absolute atomic E-state index is 0.00530. The summed E-state index contributed by atoms with van der Waals surface area (Å²) in [5.41, 5.74) is 8.02. The predicted octanol–water partition coefficient (Wildman–Crippen LogP) is 15.9. The quantitative estimate of drug-likeness (QED) is 0.0934. The Bertz CT molecular complexity index is 3140. The number of nitro benzene ring substituents is 1. The standard InChI is InChI=1S/C31H42O5.C29H40O3.C7H4ClNO4.CH4O/c1-19-20-8-9-23-29(4,21(20)16-22(32)25(19)33)13-15-31(6)24-17-27(2,18-36-26(34)35-7)10-11-28(24,3)12-14-30(23,31)5;1-18-19-7-8-22-27(4,20(19)15-21(31)24(18)32)12-14-29(6)23-16-25(2,17-30)9-10-26(23,3)11-13-28(22,29)5;8-7(10)13-6-3-1-5(2-4-6)9(11)12;1-2/h8-9,16,24,33H,10-15,17-18H2,1-7H3;7-8,15,23,30,32H,9-14,16-17H2,1-6H3;1-4H;2H,1H3/t24-,27-,28-,29+,30-,31+;23-,25-,26-,27+,28-,29+;;/m11../s1. The third kappa shape index (κ3) is 10.2. The number of methoxy groups -OCH3 is 1. The fraction of sp³-hybridized carbons (Fsp3) is 0.618. The molecule has 452 valence electrons. The fourth-order valence-electron chi connectivity index (χ4n) is 18.3. The van der Waals surface area contributed by atoms with Gasteiger partial charge < -0.3 is 34.6 Å². The molecule has 0 bridgehead atoms. The Hall–Kier alpha value is -5.57. The Balaban J connectivity index is 0.000000176. The highest BCUT2D eigenvalue weighted by atomic mass is 35.5. The van der Waals surface area contributed by atoms with Gasteiger partial charge >= 0.3 is 11.6 Å². The molecule has 10 aliphatic rings. The van der Waals surface area contributed by atoms with Crippen LogP contribution >= 0.6 is 11.6 Å². The monoisotopic (exact) mass is 1160 g/mol. The van der Waals surface area contributed by atoms with E-state index in [2.05, 4.69) is 98.3 Å². The number of carbonyl (C=O) groups excluding carboxylic acids is 4. The summed E-state index contributed by atoms with van der Waals surface area (Å²) >= 11 is 4.92. The number of hydrogen-bond donors (Lipinski definition) is 4. The first-order valence-corrected chi connectivity index (χ1v) is 30.1. The minimum atomic E-state index is -0.978. The first-order chi connectivity index (χ1) is 38.7. The number of aliphatic hydroxyl groups is 4. The number of carbonyl (C=O) groups is 4. The van der Waals surface area contributed by atoms with Gasteiger partial charge in [0.15, 0.2) is 11.5 Å². The maximum Gasteiger partial charge on any atom is 0.507 e. The van der Waals surface area contributed by atoms with Crippen LogP contribution in [0.5, 0.6) is 5.75 Å². The zero-order valence-electron chi connectivity index (χ0n) is 51.5. The molecule has 0 radical (unpaired) electrons. The lowest BCUT2D eigenvalue weighted by molar-refractivity contribution is -0.384. The van der Waals surface area contributed by atoms with Crippen LogP contribution in [0, 0.1) is 76.1 Å². The lowest BCUT2D eigenvalue weighted by Crippen LogP contribution is -2.62. The van der Waals surface area contributed by atoms with E-state index in [1.807, 2.05) is 13.8 Å². The van der Waals surface area contributed by atoms with Gasteiger partial charge in [0.05, 0.1) is 12.0 Å². The second-order valence-corrected chi connectivity index (χ2v) is 29.0. The Morgan fingerprint density at radius 3 is 1.43 bits per heavy atom. The summed E-state index contributed by atoms with van der Waals surface area (Å²) in [5.74, 6) is 0.511. The van der Waals surface area contributed by atoms with Crippen molar-refractivity contribution in [3.8, 4) is 5.75 Å². The molecule has 0 aliphatic heterocycles. The number of fused-ring (bicyclic) bond motifs is 14. The van der Waals surface area contributed by atoms with Crippen molar-refractivity contribution in [3.05, 3.63) is 127 Å². The summed E-state index contributed by atoms with van der Waals surface area (Å²) < 4.78 is 14.7. The smallest absolute Gasteiger partial charge is 0.504 e. The molecule has 83 heavy (non-hydrogen) atoms. The van der Waals surface area contributed by atoms with Gasteiger partial charge in [-0.2, -0.15) is 0 Å². The number of aliphatic hydroxyl groups excluding tert-OH is 4. The van der Waals surface area contributed by atoms with Crippen molar-refractivity contribution >= 4 is 40.4 Å². The number of nitrogens with zero attached hydrogens (tertiary/aromatic N) is 1. The lowest BCUT2D eigenvalue weighted by Gasteiger charge is -2.70. The molecule has 11 rings (SSSR count). The zero-order valence-corrected chi connectivity index (χ0v) is 52.3. The number of halogens is 1. The first-order valence-electron chi connectivity index (χ1n) is 29.7. The first kappa shape index (κ1) is 63.5. The fourth-order valence-corrected chi connectivity index (χ4v) is 18.4. The third-order valence-electron chi connectivity index (χ3n) is 24.3. The lowest BCUT2D eigenvalue weighted by atomic mass is 9.34. The van der Waals surface area contributed by atoms with Crippen LogP contribution in [0.25, 0.3) is 0 Å². The predicted molar refractivity (Wildman–Crippen MR) is 320 cm³/mol. The van der Waals surface area contributed by atoms with E-state index in [1.54, 1.807) is 12.2 Å². The van der Waals surface area contributed by atoms with Crippen molar-refractivity contribution in [2.75, 3.05) is 27.4 Å². The second kappa shape index (κ2) is 22.1. The van der Waals surface area contributed by atoms with Crippen molar-refractivity contribution in [1.29, 1.82) is 0 Å². The van der Waals surface area contributed by atoms with Gasteiger partial charge in [-0.1, -0.05) is 105 Å². The van der Waals surface area contributed by atoms with Crippen LogP contribution in [0.1, 0.15) is 173 Å². The van der Waals surface area contributed by atoms with Gasteiger partial charge in [-0.3, -0.25) is 19.7 Å². The highest BCUT2D eigenvalue weighted by Gasteiger charge is 2.69. The number of allylic oxidation sites excluding steroid dienone is 14. The van der Waals surface area contributed by atoms with Gasteiger partial charge in [0.2, 0.25) is 11.6 Å². The van der Waals surface area contributed by atoms with Gasteiger partial charge in [-0.15, -0.1) is 0 Å². The summed E-state index contributed by atoms with van der Waals surface area (Å²) in [5, 5.41) is 48.0. The normalized spacial score (nSPS) is 39.0. The molecular formula is C68H90ClNO13. The number of nitro groups is 1. The maximum atomic E-state index is 12.7. The highest BCUT2D eigenvalue weighted by Crippen LogP contribution is 2.77. The average molecular weight is 1160 g/mol. The summed E-state index contributed by atoms with van der Waals surface area (Å²) in [4.78, 5) is 56.9. The van der Waals surface area contributed by atoms with Crippen LogP contribution in [-0.4, -0.2) is 75.9 Å². The van der Waals surface area contributed by atoms with Gasteiger partial charge in [0.1, 0.15) is 12.4 Å². The van der Waals surface area contributed by atoms with Crippen LogP contribution in [0.2, 0.25) is 0 Å². The molecule has 0 unspecified atom stereocenters. The number of rotatable bonds is 5. The molecule has 1 aromatic rings. The third-order valence-corrected chi connectivity index (χ3v) is 24.3. The largest absolute Gasteiger partial charge is 0.507 e. The van der Waals surface area contributed by atoms with Crippen LogP contribution in [0.3, 0.4) is 0 Å². The molecule has 10 aliphatic carbocycles. The Kier molecular flexibility index (Phi) is 16.9. The number of ketones is 2. The molecule has 14 nitrogen and oxygen atoms in total. The second-order valence-electron chi connectivity index (χ2n) is 28.7. The van der Waals surface area contributed by atoms with E-state index in [0.717, 1.165) is 93.6 Å². The average Bonchev–Trinajstić information content (AvgIpc) is 3.61. The minimum Gasteiger partial charge on any atom is -0.504 e. The van der Waals surface area contributed by atoms with Crippen molar-refractivity contribution in [1.82, 2.24) is 0 Å². The molecule has 0 aromatic heterocycles. The van der Waals surface area contributed by atoms with Gasteiger partial charge in [-0.05, 0) is 200 Å². The Morgan fingerprint density at radius 1 is 0.627 bits per heavy atom. The number of benzene rings is 1. The number of hydrogen-bond acceptors (Lipinski definition) is 13. The van der Waals surface area contributed by atoms with Gasteiger partial charge in [-0.25, -0.2) is 9.59 Å². The summed E-state index contributed by atoms with van der Waals surface area (Å²) in [7, 11) is 2.36. The number of ether oxygens (including phenoxy) is 3. The van der Waals surface area contributed by atoms with E-state index in [0.29, 0.717) is 35.0 Å². The van der Waals surface area contributed by atoms with E-state index in [1.165, 1.54) is 68.2 Å². The van der Waals surface area contributed by atoms with Crippen LogP contribution < -0.4 is 4.74 Å². The molecule has 6 saturated carbocycles. The Labute approximate surface area is 496 Å². The van der Waals surface area contributed by atoms with E-state index >= 15 is 0 Å². The van der Waals surface area contributed by atoms with Crippen LogP contribution in [0.4, 0.5) is 15.3 Å². The Morgan fingerprint density at radius 2 is 1.04 bits per heavy atom. The van der Waals surface area contributed by atoms with Crippen molar-refractivity contribution in [2.24, 2.45) is 66.0 Å². The van der Waals surface area contributed by atoms with E-state index in [-0.39, 0.29) is 89.9 Å². The molecular weight excluding hydrogens is 1070 g/mol. The topological polar surface area (TPSA) is 220 Å². The molecule has 1 aromatic carbocycles. The van der Waals surface area contributed by atoms with Gasteiger partial charge in [0.25, 0.3) is 5.69 Å². The summed E-state index contributed by atoms with van der Waals surface area (Å²) in [6.07, 6.45) is 27.4. The summed E-state index contributed by atoms with van der Waals surface area (Å²) in [6, 6.07) is 5.02. The molecule has 4 N–H and O–H groups in total. The maximum absolute atomic E-state index is 12.7. The van der Waals surface area contributed by atoms with Crippen LogP contribution in [-0.2, 0) is 19.1 Å². The number of non-ortho nitro benzene ring substituents is 1. The van der Waals surface area contributed by atoms with E-state index in [9.17, 15) is 44.6 Å².